The number of carbonyl (C=O) groups is 2. The first kappa shape index (κ1) is 30.5. The van der Waals surface area contributed by atoms with E-state index in [1.807, 2.05) is 38.1 Å². The third-order valence-corrected chi connectivity index (χ3v) is 8.59. The van der Waals surface area contributed by atoms with Gasteiger partial charge in [-0.3, -0.25) is 13.9 Å². The summed E-state index contributed by atoms with van der Waals surface area (Å²) in [7, 11) is -4.22. The fourth-order valence-corrected chi connectivity index (χ4v) is 5.80. The molecule has 1 unspecified atom stereocenters. The molecular formula is C29H33Cl2N3O4S. The summed E-state index contributed by atoms with van der Waals surface area (Å²) in [5, 5.41) is 3.24. The van der Waals surface area contributed by atoms with E-state index in [0.717, 1.165) is 28.3 Å². The molecule has 208 valence electrons. The molecule has 1 N–H and O–H groups in total. The van der Waals surface area contributed by atoms with Crippen molar-refractivity contribution in [3.63, 3.8) is 0 Å². The van der Waals surface area contributed by atoms with Crippen LogP contribution in [0.25, 0.3) is 0 Å². The average molecular weight is 591 g/mol. The van der Waals surface area contributed by atoms with Gasteiger partial charge in [-0.15, -0.1) is 0 Å². The van der Waals surface area contributed by atoms with Crippen LogP contribution in [0.5, 0.6) is 0 Å². The van der Waals surface area contributed by atoms with Gasteiger partial charge in [0.2, 0.25) is 11.8 Å². The maximum Gasteiger partial charge on any atom is 0.264 e. The summed E-state index contributed by atoms with van der Waals surface area (Å²) in [6, 6.07) is 18.9. The second kappa shape index (κ2) is 13.8. The molecule has 0 aliphatic rings. The van der Waals surface area contributed by atoms with E-state index in [0.29, 0.717) is 6.54 Å². The Morgan fingerprint density at radius 2 is 1.64 bits per heavy atom. The number of halogens is 2. The Kier molecular flexibility index (Phi) is 10.8. The van der Waals surface area contributed by atoms with Crippen molar-refractivity contribution in [3.8, 4) is 0 Å². The molecule has 1 atom stereocenters. The van der Waals surface area contributed by atoms with Gasteiger partial charge < -0.3 is 10.2 Å². The molecule has 39 heavy (non-hydrogen) atoms. The van der Waals surface area contributed by atoms with Crippen LogP contribution in [0.3, 0.4) is 0 Å². The van der Waals surface area contributed by atoms with Gasteiger partial charge in [0.25, 0.3) is 10.0 Å². The monoisotopic (exact) mass is 589 g/mol. The second-order valence-electron chi connectivity index (χ2n) is 9.25. The van der Waals surface area contributed by atoms with Gasteiger partial charge in [0.05, 0.1) is 15.6 Å². The van der Waals surface area contributed by atoms with Crippen LogP contribution in [-0.2, 0) is 26.2 Å². The first-order chi connectivity index (χ1) is 18.5. The lowest BCUT2D eigenvalue weighted by Gasteiger charge is -2.32. The highest BCUT2D eigenvalue weighted by atomic mass is 35.5. The molecule has 2 amide bonds. The highest BCUT2D eigenvalue weighted by Gasteiger charge is 2.33. The zero-order chi connectivity index (χ0) is 28.6. The molecule has 3 aromatic carbocycles. The predicted octanol–water partition coefficient (Wildman–Crippen LogP) is 5.83. The Morgan fingerprint density at radius 1 is 0.974 bits per heavy atom. The molecular weight excluding hydrogens is 557 g/mol. The number of sulfonamides is 1. The average Bonchev–Trinajstić information content (AvgIpc) is 2.92. The minimum Gasteiger partial charge on any atom is -0.354 e. The van der Waals surface area contributed by atoms with Crippen LogP contribution in [0.1, 0.15) is 37.8 Å². The minimum absolute atomic E-state index is 0.00992. The summed E-state index contributed by atoms with van der Waals surface area (Å²) in [6.45, 7) is 5.62. The Bertz CT molecular complexity index is 1380. The number of unbranched alkanes of at least 4 members (excludes halogenated alkanes) is 1. The largest absolute Gasteiger partial charge is 0.354 e. The van der Waals surface area contributed by atoms with Gasteiger partial charge in [-0.05, 0) is 56.2 Å². The van der Waals surface area contributed by atoms with Crippen molar-refractivity contribution in [2.45, 2.75) is 51.1 Å². The maximum absolute atomic E-state index is 13.9. The third kappa shape index (κ3) is 7.97. The molecule has 0 spiro atoms. The van der Waals surface area contributed by atoms with Crippen LogP contribution < -0.4 is 9.62 Å². The zero-order valence-electron chi connectivity index (χ0n) is 22.2. The smallest absolute Gasteiger partial charge is 0.264 e. The van der Waals surface area contributed by atoms with Gasteiger partial charge in [-0.1, -0.05) is 84.6 Å². The molecule has 0 aromatic heterocycles. The fourth-order valence-electron chi connectivity index (χ4n) is 3.92. The lowest BCUT2D eigenvalue weighted by atomic mass is 10.1. The summed E-state index contributed by atoms with van der Waals surface area (Å²) in [6.07, 6.45) is 1.72. The van der Waals surface area contributed by atoms with E-state index >= 15 is 0 Å². The van der Waals surface area contributed by atoms with Crippen molar-refractivity contribution in [1.82, 2.24) is 10.2 Å². The quantitative estimate of drug-likeness (QED) is 0.269. The van der Waals surface area contributed by atoms with E-state index in [1.54, 1.807) is 25.1 Å². The number of hydrogen-bond acceptors (Lipinski definition) is 4. The number of nitrogens with zero attached hydrogens (tertiary/aromatic N) is 2. The molecule has 7 nitrogen and oxygen atoms in total. The number of aryl methyl sites for hydroxylation is 1. The van der Waals surface area contributed by atoms with Crippen molar-refractivity contribution in [2.24, 2.45) is 0 Å². The Labute approximate surface area is 240 Å². The first-order valence-corrected chi connectivity index (χ1v) is 14.9. The molecule has 10 heteroatoms. The number of rotatable bonds is 12. The molecule has 0 bridgehead atoms. The Morgan fingerprint density at radius 3 is 2.28 bits per heavy atom. The van der Waals surface area contributed by atoms with Crippen molar-refractivity contribution < 1.29 is 18.0 Å². The molecule has 0 radical (unpaired) electrons. The number of nitrogens with one attached hydrogen (secondary N) is 1. The Hall–Kier alpha value is -3.07. The van der Waals surface area contributed by atoms with Crippen molar-refractivity contribution in [2.75, 3.05) is 17.4 Å². The van der Waals surface area contributed by atoms with Crippen LogP contribution in [0.4, 0.5) is 5.69 Å². The molecule has 0 saturated carbocycles. The minimum atomic E-state index is -4.22. The van der Waals surface area contributed by atoms with Crippen molar-refractivity contribution in [3.05, 3.63) is 94.0 Å². The van der Waals surface area contributed by atoms with Gasteiger partial charge in [0.15, 0.2) is 0 Å². The van der Waals surface area contributed by atoms with Crippen molar-refractivity contribution >= 4 is 50.7 Å². The molecule has 3 rings (SSSR count). The van der Waals surface area contributed by atoms with Crippen LogP contribution in [0, 0.1) is 6.92 Å². The molecule has 0 aliphatic carbocycles. The summed E-state index contributed by atoms with van der Waals surface area (Å²) >= 11 is 12.6. The van der Waals surface area contributed by atoms with Crippen LogP contribution in [0.2, 0.25) is 10.0 Å². The summed E-state index contributed by atoms with van der Waals surface area (Å²) in [5.41, 5.74) is 1.93. The second-order valence-corrected chi connectivity index (χ2v) is 12.0. The predicted molar refractivity (Wildman–Crippen MR) is 157 cm³/mol. The summed E-state index contributed by atoms with van der Waals surface area (Å²) < 4.78 is 28.6. The number of hydrogen-bond donors (Lipinski definition) is 1. The van der Waals surface area contributed by atoms with Gasteiger partial charge in [0, 0.05) is 18.1 Å². The van der Waals surface area contributed by atoms with Gasteiger partial charge in [-0.25, -0.2) is 8.42 Å². The van der Waals surface area contributed by atoms with Gasteiger partial charge in [0.1, 0.15) is 12.6 Å². The van der Waals surface area contributed by atoms with E-state index in [2.05, 4.69) is 5.32 Å². The van der Waals surface area contributed by atoms with Crippen LogP contribution in [-0.4, -0.2) is 44.3 Å². The van der Waals surface area contributed by atoms with Crippen LogP contribution in [0.15, 0.2) is 77.7 Å². The topological polar surface area (TPSA) is 86.8 Å². The first-order valence-electron chi connectivity index (χ1n) is 12.7. The normalized spacial score (nSPS) is 12.0. The Balaban J connectivity index is 2.02. The van der Waals surface area contributed by atoms with Crippen LogP contribution >= 0.6 is 23.2 Å². The third-order valence-electron chi connectivity index (χ3n) is 6.26. The van der Waals surface area contributed by atoms with Crippen molar-refractivity contribution in [1.29, 1.82) is 0 Å². The standard InChI is InChI=1S/C29H33Cl2N3O4S/c1-4-5-17-32-29(36)22(3)33(19-23-13-11-21(2)12-14-23)28(35)20-34(27-18-24(30)15-16-26(27)31)39(37,38)25-9-7-6-8-10-25/h6-16,18,22H,4-5,17,19-20H2,1-3H3,(H,32,36). The number of anilines is 1. The van der Waals surface area contributed by atoms with Gasteiger partial charge in [-0.2, -0.15) is 0 Å². The molecule has 0 aliphatic heterocycles. The van der Waals surface area contributed by atoms with E-state index in [4.69, 9.17) is 23.2 Å². The molecule has 0 heterocycles. The fraction of sp³-hybridized carbons (Fsp3) is 0.310. The van der Waals surface area contributed by atoms with Gasteiger partial charge >= 0.3 is 0 Å². The SMILES string of the molecule is CCCCNC(=O)C(C)N(Cc1ccc(C)cc1)C(=O)CN(c1cc(Cl)ccc1Cl)S(=O)(=O)c1ccccc1. The molecule has 0 saturated heterocycles. The summed E-state index contributed by atoms with van der Waals surface area (Å²) in [4.78, 5) is 28.3. The van der Waals surface area contributed by atoms with E-state index in [1.165, 1.54) is 35.2 Å². The van der Waals surface area contributed by atoms with E-state index in [9.17, 15) is 18.0 Å². The van der Waals surface area contributed by atoms with E-state index < -0.39 is 28.5 Å². The molecule has 3 aromatic rings. The number of benzene rings is 3. The number of amides is 2. The number of carbonyl (C=O) groups excluding carboxylic acids is 2. The van der Waals surface area contributed by atoms with E-state index in [-0.39, 0.29) is 33.1 Å². The summed E-state index contributed by atoms with van der Waals surface area (Å²) in [5.74, 6) is -0.883. The maximum atomic E-state index is 13.9. The molecule has 0 fully saturated rings. The lowest BCUT2D eigenvalue weighted by Crippen LogP contribution is -2.51. The lowest BCUT2D eigenvalue weighted by molar-refractivity contribution is -0.139. The zero-order valence-corrected chi connectivity index (χ0v) is 24.6. The highest BCUT2D eigenvalue weighted by Crippen LogP contribution is 2.33. The highest BCUT2D eigenvalue weighted by molar-refractivity contribution is 7.92.